The number of benzene rings is 2. The number of carbonyl (C=O) groups excluding carboxylic acids is 9. The lowest BCUT2D eigenvalue weighted by Gasteiger charge is -2.21. The van der Waals surface area contributed by atoms with E-state index in [1.807, 2.05) is 255 Å². The number of unbranched alkanes of at least 4 members (excludes halogenated alkanes) is 1. The third-order valence-corrected chi connectivity index (χ3v) is 11.7. The molecule has 2 rings (SSSR count). The average molecular weight is 1330 g/mol. The van der Waals surface area contributed by atoms with E-state index in [2.05, 4.69) is 58.0 Å². The van der Waals surface area contributed by atoms with E-state index >= 15 is 0 Å². The first kappa shape index (κ1) is 101. The van der Waals surface area contributed by atoms with Crippen molar-refractivity contribution in [2.45, 2.75) is 267 Å². The van der Waals surface area contributed by atoms with E-state index in [1.54, 1.807) is 39.8 Å². The van der Waals surface area contributed by atoms with Crippen LogP contribution >= 0.6 is 0 Å². The van der Waals surface area contributed by atoms with Crippen molar-refractivity contribution in [2.24, 2.45) is 60.4 Å². The molecule has 9 N–H and O–H groups in total. The maximum atomic E-state index is 11.5. The summed E-state index contributed by atoms with van der Waals surface area (Å²) in [5, 5.41) is 19.9. The highest BCUT2D eigenvalue weighted by Crippen LogP contribution is 2.19. The molecular formula is C76H145N9O9. The van der Waals surface area contributed by atoms with Crippen LogP contribution in [0.4, 0.5) is 5.69 Å². The lowest BCUT2D eigenvalue weighted by molar-refractivity contribution is -0.136. The van der Waals surface area contributed by atoms with Crippen LogP contribution in [0.2, 0.25) is 0 Å². The first-order chi connectivity index (χ1) is 41.9. The first-order valence-electron chi connectivity index (χ1n) is 33.6. The quantitative estimate of drug-likeness (QED) is 0.0938. The van der Waals surface area contributed by atoms with Gasteiger partial charge in [-0.15, -0.1) is 0 Å². The summed E-state index contributed by atoms with van der Waals surface area (Å²) >= 11 is 0. The zero-order valence-electron chi connectivity index (χ0n) is 66.8. The third kappa shape index (κ3) is 64.4. The lowest BCUT2D eigenvalue weighted by Crippen LogP contribution is -2.38. The van der Waals surface area contributed by atoms with Crippen molar-refractivity contribution in [1.82, 2.24) is 36.8 Å². The Bertz CT molecular complexity index is 2410. The van der Waals surface area contributed by atoms with Crippen molar-refractivity contribution in [3.8, 4) is 0 Å². The molecule has 0 unspecified atom stereocenters. The van der Waals surface area contributed by atoms with E-state index in [0.717, 1.165) is 56.7 Å². The molecule has 0 fully saturated rings. The van der Waals surface area contributed by atoms with Crippen LogP contribution < -0.4 is 43.0 Å². The Hall–Kier alpha value is -6.33. The molecule has 0 radical (unpaired) electrons. The van der Waals surface area contributed by atoms with Crippen LogP contribution in [0.25, 0.3) is 0 Å². The molecule has 0 aliphatic carbocycles. The number of nitrogens with one attached hydrogen (secondary N) is 7. The Balaban J connectivity index is -0.000000182. The fourth-order valence-corrected chi connectivity index (χ4v) is 5.17. The van der Waals surface area contributed by atoms with Crippen LogP contribution in [0, 0.1) is 54.7 Å². The number of anilines is 1. The Morgan fingerprint density at radius 2 is 0.713 bits per heavy atom. The fraction of sp³-hybridized carbons (Fsp3) is 0.724. The fourth-order valence-electron chi connectivity index (χ4n) is 5.17. The molecule has 0 heterocycles. The van der Waals surface area contributed by atoms with Gasteiger partial charge in [0.2, 0.25) is 53.2 Å². The SMILES string of the molecule is CC(C)(C)C(=O)NCc1ccccc1.CC(C)(C)C(=O)Nc1ccccc1.CC(C)(C)C(N)=O.CC(C)CNC(=O)C(C)(C)C.CC(C)NC(=O)C(C)(C)C.CCCCNC(=O)C(C)(C)C.CCCNC(=O)C(C)(C)C.CCNC(=O)C(C)(C)C.CN(C)C(=O)C(C)(C)C. The molecule has 0 aliphatic rings. The molecule has 0 saturated heterocycles. The van der Waals surface area contributed by atoms with E-state index < -0.39 is 0 Å². The number of amides is 9. The van der Waals surface area contributed by atoms with Crippen molar-refractivity contribution in [2.75, 3.05) is 45.6 Å². The van der Waals surface area contributed by atoms with Gasteiger partial charge in [-0.25, -0.2) is 0 Å². The van der Waals surface area contributed by atoms with Crippen molar-refractivity contribution in [3.05, 3.63) is 66.2 Å². The number of hydrogen-bond donors (Lipinski definition) is 8. The van der Waals surface area contributed by atoms with Gasteiger partial charge in [-0.1, -0.05) is 270 Å². The monoisotopic (exact) mass is 1330 g/mol. The Kier molecular flexibility index (Phi) is 52.1. The highest BCUT2D eigenvalue weighted by atomic mass is 16.2. The molecule has 18 heteroatoms. The van der Waals surface area contributed by atoms with E-state index in [0.29, 0.717) is 12.5 Å². The molecule has 94 heavy (non-hydrogen) atoms. The number of para-hydroxylation sites is 1. The maximum absolute atomic E-state index is 11.5. The van der Waals surface area contributed by atoms with Crippen molar-refractivity contribution >= 4 is 58.9 Å². The van der Waals surface area contributed by atoms with Crippen LogP contribution in [0.15, 0.2) is 60.7 Å². The van der Waals surface area contributed by atoms with Gasteiger partial charge in [0.25, 0.3) is 0 Å². The summed E-state index contributed by atoms with van der Waals surface area (Å²) in [4.78, 5) is 102. The van der Waals surface area contributed by atoms with Gasteiger partial charge in [-0.05, 0) is 57.2 Å². The second-order valence-electron chi connectivity index (χ2n) is 33.3. The minimum atomic E-state index is -0.361. The topological polar surface area (TPSA) is 267 Å². The molecule has 0 aromatic heterocycles. The average Bonchev–Trinajstić information content (AvgIpc) is 1.22. The lowest BCUT2D eigenvalue weighted by atomic mass is 9.95. The van der Waals surface area contributed by atoms with Gasteiger partial charge in [0.15, 0.2) is 0 Å². The van der Waals surface area contributed by atoms with Gasteiger partial charge in [-0.2, -0.15) is 0 Å². The maximum Gasteiger partial charge on any atom is 0.229 e. The summed E-state index contributed by atoms with van der Waals surface area (Å²) in [6.45, 7) is 69.1. The van der Waals surface area contributed by atoms with Crippen LogP contribution in [-0.4, -0.2) is 104 Å². The molecule has 18 nitrogen and oxygen atoms in total. The van der Waals surface area contributed by atoms with Crippen molar-refractivity contribution < 1.29 is 43.2 Å². The predicted molar refractivity (Wildman–Crippen MR) is 397 cm³/mol. The molecule has 9 amide bonds. The number of carbonyl (C=O) groups is 9. The molecule has 0 saturated carbocycles. The van der Waals surface area contributed by atoms with E-state index in [-0.39, 0.29) is 108 Å². The number of primary amides is 1. The molecule has 0 aliphatic heterocycles. The zero-order chi connectivity index (χ0) is 76.3. The summed E-state index contributed by atoms with van der Waals surface area (Å²) in [7, 11) is 3.54. The van der Waals surface area contributed by atoms with Crippen molar-refractivity contribution in [3.63, 3.8) is 0 Å². The Morgan fingerprint density at radius 1 is 0.394 bits per heavy atom. The van der Waals surface area contributed by atoms with Crippen LogP contribution in [-0.2, 0) is 49.7 Å². The smallest absolute Gasteiger partial charge is 0.229 e. The third-order valence-electron chi connectivity index (χ3n) is 11.7. The number of nitrogens with two attached hydrogens (primary N) is 1. The van der Waals surface area contributed by atoms with Crippen LogP contribution in [0.3, 0.4) is 0 Å². The number of rotatable bonds is 12. The summed E-state index contributed by atoms with van der Waals surface area (Å²) in [5.41, 5.74) is 4.43. The molecule has 0 atom stereocenters. The number of hydrogen-bond acceptors (Lipinski definition) is 9. The Labute approximate surface area is 575 Å². The highest BCUT2D eigenvalue weighted by molar-refractivity contribution is 5.94. The van der Waals surface area contributed by atoms with E-state index in [1.165, 1.54) is 0 Å². The minimum absolute atomic E-state index is 0.0405. The van der Waals surface area contributed by atoms with Gasteiger partial charge >= 0.3 is 0 Å². The van der Waals surface area contributed by atoms with Gasteiger partial charge < -0.3 is 47.9 Å². The standard InChI is InChI=1S/C12H17NO.C11H15NO.2C9H19NO.2C8H17NO.2C7H15NO.C5H11NO/c1-12(2,3)11(14)13-9-10-7-5-4-6-8-10;1-11(2,3)10(13)12-9-7-5-4-6-8-9;1-7(2)6-10-8(11)9(3,4)5;1-5-6-7-10-8(11)9(2,3)4;1-6(2)9-7(10)8(3,4)5;1-5-6-9-7(10)8(2,3)4;1-7(2,3)6(9)8(4)5;1-5-8-6(9)7(2,3)4;1-5(2,3)4(6)7/h4-8H,9H2,1-3H3,(H,13,14);4-8H,1-3H3,(H,12,13);7H,6H2,1-5H3,(H,10,11);5-7H2,1-4H3,(H,10,11);6H,1-5H3,(H,9,10);5-6H2,1-4H3,(H,9,10);1-5H3;5H2,1-4H3,(H,8,9);1-3H3,(H2,6,7). The minimum Gasteiger partial charge on any atom is -0.369 e. The van der Waals surface area contributed by atoms with E-state index in [9.17, 15) is 43.2 Å². The Morgan fingerprint density at radius 3 is 0.957 bits per heavy atom. The highest BCUT2D eigenvalue weighted by Gasteiger charge is 2.26. The predicted octanol–water partition coefficient (Wildman–Crippen LogP) is 14.7. The first-order valence-corrected chi connectivity index (χ1v) is 33.6. The van der Waals surface area contributed by atoms with Crippen LogP contribution in [0.5, 0.6) is 0 Å². The van der Waals surface area contributed by atoms with E-state index in [4.69, 9.17) is 5.73 Å². The second kappa shape index (κ2) is 48.4. The summed E-state index contributed by atoms with van der Waals surface area (Å²) in [6.07, 6.45) is 3.20. The van der Waals surface area contributed by atoms with Gasteiger partial charge in [0, 0.05) is 107 Å². The normalized spacial score (nSPS) is 11.3. The summed E-state index contributed by atoms with van der Waals surface area (Å²) in [5.74, 6) is 1.20. The van der Waals surface area contributed by atoms with Crippen molar-refractivity contribution in [1.29, 1.82) is 0 Å². The zero-order valence-corrected chi connectivity index (χ0v) is 66.8. The number of nitrogens with zero attached hydrogens (tertiary/aromatic N) is 1. The van der Waals surface area contributed by atoms with Gasteiger partial charge in [0.1, 0.15) is 0 Å². The molecule has 548 valence electrons. The molecule has 2 aromatic carbocycles. The summed E-state index contributed by atoms with van der Waals surface area (Å²) < 4.78 is 0. The van der Waals surface area contributed by atoms with Gasteiger partial charge in [0.05, 0.1) is 0 Å². The molecule has 0 spiro atoms. The molecule has 2 aromatic rings. The summed E-state index contributed by atoms with van der Waals surface area (Å²) in [6, 6.07) is 19.6. The van der Waals surface area contributed by atoms with Gasteiger partial charge in [-0.3, -0.25) is 43.2 Å². The molecular weight excluding hydrogens is 1180 g/mol. The molecule has 0 bridgehead atoms. The second-order valence-corrected chi connectivity index (χ2v) is 33.3. The van der Waals surface area contributed by atoms with Crippen LogP contribution in [0.1, 0.15) is 260 Å². The largest absolute Gasteiger partial charge is 0.369 e.